The summed E-state index contributed by atoms with van der Waals surface area (Å²) < 4.78 is 24.4. The van der Waals surface area contributed by atoms with E-state index in [1.54, 1.807) is 46.1 Å². The molecule has 1 aliphatic rings. The number of benzene rings is 2. The molecule has 0 amide bonds. The largest absolute Gasteiger partial charge is 0.497 e. The lowest BCUT2D eigenvalue weighted by molar-refractivity contribution is 0.300. The van der Waals surface area contributed by atoms with Gasteiger partial charge >= 0.3 is 0 Å². The van der Waals surface area contributed by atoms with Gasteiger partial charge in [-0.1, -0.05) is 11.6 Å². The lowest BCUT2D eigenvalue weighted by atomic mass is 9.86. The Labute approximate surface area is 260 Å². The van der Waals surface area contributed by atoms with Crippen molar-refractivity contribution in [1.29, 1.82) is 0 Å². The van der Waals surface area contributed by atoms with E-state index in [-0.39, 0.29) is 6.04 Å². The maximum Gasteiger partial charge on any atom is 0.184 e. The van der Waals surface area contributed by atoms with E-state index in [1.807, 2.05) is 47.3 Å². The first-order chi connectivity index (χ1) is 21.5. The van der Waals surface area contributed by atoms with Crippen molar-refractivity contribution < 1.29 is 18.9 Å². The SMILES string of the molecule is COc1ccc(CN(Cc2ccc(OC)cc2OC)c2ncnc3c2nnn3[C@H]2CCC[C@@H](c3ncc(C)s3)C2)c(OC)c1. The van der Waals surface area contributed by atoms with Gasteiger partial charge in [0.05, 0.1) is 39.5 Å². The average molecular weight is 616 g/mol. The molecule has 0 N–H and O–H groups in total. The van der Waals surface area contributed by atoms with Gasteiger partial charge in [-0.3, -0.25) is 0 Å². The number of rotatable bonds is 11. The molecule has 3 aromatic heterocycles. The fourth-order valence-corrected chi connectivity index (χ4v) is 6.90. The number of aromatic nitrogens is 6. The summed E-state index contributed by atoms with van der Waals surface area (Å²) in [6, 6.07) is 11.8. The van der Waals surface area contributed by atoms with E-state index in [9.17, 15) is 0 Å². The molecular weight excluding hydrogens is 578 g/mol. The highest BCUT2D eigenvalue weighted by atomic mass is 32.1. The molecular formula is C32H37N7O4S. The maximum absolute atomic E-state index is 5.75. The van der Waals surface area contributed by atoms with Crippen LogP contribution in [0.15, 0.2) is 48.9 Å². The Balaban J connectivity index is 1.38. The molecule has 0 unspecified atom stereocenters. The molecule has 2 atom stereocenters. The Bertz CT molecular complexity index is 1680. The van der Waals surface area contributed by atoms with Gasteiger partial charge in [0.25, 0.3) is 0 Å². The van der Waals surface area contributed by atoms with E-state index in [0.29, 0.717) is 30.3 Å². The fraction of sp³-hybridized carbons (Fsp3) is 0.406. The van der Waals surface area contributed by atoms with Gasteiger partial charge < -0.3 is 23.8 Å². The first-order valence-corrected chi connectivity index (χ1v) is 15.5. The summed E-state index contributed by atoms with van der Waals surface area (Å²) in [5, 5.41) is 10.5. The van der Waals surface area contributed by atoms with Crippen molar-refractivity contribution >= 4 is 28.3 Å². The van der Waals surface area contributed by atoms with Gasteiger partial charge in [-0.2, -0.15) is 0 Å². The second kappa shape index (κ2) is 13.0. The van der Waals surface area contributed by atoms with E-state index in [2.05, 4.69) is 27.1 Å². The number of hydrogen-bond donors (Lipinski definition) is 0. The Hall–Kier alpha value is -4.45. The monoisotopic (exact) mass is 615 g/mol. The second-order valence-electron chi connectivity index (χ2n) is 10.9. The summed E-state index contributed by atoms with van der Waals surface area (Å²) in [7, 11) is 6.61. The van der Waals surface area contributed by atoms with Gasteiger partial charge in [-0.05, 0) is 50.5 Å². The molecule has 1 saturated carbocycles. The van der Waals surface area contributed by atoms with Crippen LogP contribution in [0.1, 0.15) is 58.7 Å². The van der Waals surface area contributed by atoms with Crippen molar-refractivity contribution in [3.8, 4) is 23.0 Å². The Morgan fingerprint density at radius 2 is 1.55 bits per heavy atom. The molecule has 0 aliphatic heterocycles. The average Bonchev–Trinajstić information content (AvgIpc) is 3.71. The minimum absolute atomic E-state index is 0.183. The Kier molecular flexibility index (Phi) is 8.78. The maximum atomic E-state index is 5.75. The van der Waals surface area contributed by atoms with Crippen molar-refractivity contribution in [2.24, 2.45) is 0 Å². The zero-order chi connectivity index (χ0) is 30.6. The standard InChI is InChI=1S/C32H37N7O4S/c1-20-16-33-32(44-20)21-7-6-8-24(13-21)39-31-29(36-37-39)30(34-19-35-31)38(17-22-9-11-25(40-2)14-27(22)42-4)18-23-10-12-26(41-3)15-28(23)43-5/h9-12,14-16,19,21,24H,6-8,13,17-18H2,1-5H3/t21-,24+/m1/s1. The van der Waals surface area contributed by atoms with Crippen LogP contribution in [0, 0.1) is 6.92 Å². The molecule has 5 aromatic rings. The van der Waals surface area contributed by atoms with Crippen LogP contribution in [0.2, 0.25) is 0 Å². The van der Waals surface area contributed by atoms with Crippen molar-refractivity contribution in [2.45, 2.75) is 57.7 Å². The number of thiazole rings is 1. The molecule has 2 aromatic carbocycles. The number of aryl methyl sites for hydroxylation is 1. The van der Waals surface area contributed by atoms with Crippen LogP contribution in [-0.2, 0) is 13.1 Å². The Morgan fingerprint density at radius 3 is 2.14 bits per heavy atom. The smallest absolute Gasteiger partial charge is 0.184 e. The minimum atomic E-state index is 0.183. The van der Waals surface area contributed by atoms with Crippen LogP contribution < -0.4 is 23.8 Å². The van der Waals surface area contributed by atoms with E-state index >= 15 is 0 Å². The minimum Gasteiger partial charge on any atom is -0.497 e. The van der Waals surface area contributed by atoms with Crippen molar-refractivity contribution in [1.82, 2.24) is 29.9 Å². The number of anilines is 1. The molecule has 3 heterocycles. The summed E-state index contributed by atoms with van der Waals surface area (Å²) in [6.07, 6.45) is 7.80. The predicted octanol–water partition coefficient (Wildman–Crippen LogP) is 6.13. The van der Waals surface area contributed by atoms with Crippen LogP contribution >= 0.6 is 11.3 Å². The molecule has 11 nitrogen and oxygen atoms in total. The summed E-state index contributed by atoms with van der Waals surface area (Å²) in [5.41, 5.74) is 3.31. The summed E-state index contributed by atoms with van der Waals surface area (Å²) >= 11 is 1.79. The van der Waals surface area contributed by atoms with Gasteiger partial charge in [0.1, 0.15) is 29.3 Å². The molecule has 0 spiro atoms. The third-order valence-electron chi connectivity index (χ3n) is 8.23. The van der Waals surface area contributed by atoms with E-state index in [0.717, 1.165) is 65.5 Å². The van der Waals surface area contributed by atoms with E-state index < -0.39 is 0 Å². The summed E-state index contributed by atoms with van der Waals surface area (Å²) in [5.74, 6) is 3.97. The van der Waals surface area contributed by atoms with Crippen LogP contribution in [0.3, 0.4) is 0 Å². The Morgan fingerprint density at radius 1 is 0.864 bits per heavy atom. The highest BCUT2D eigenvalue weighted by molar-refractivity contribution is 7.11. The van der Waals surface area contributed by atoms with Gasteiger partial charge in [-0.25, -0.2) is 19.6 Å². The van der Waals surface area contributed by atoms with Gasteiger partial charge in [0.15, 0.2) is 17.0 Å². The van der Waals surface area contributed by atoms with E-state index in [1.165, 1.54) is 9.88 Å². The third kappa shape index (κ3) is 5.99. The van der Waals surface area contributed by atoms with Gasteiger partial charge in [0, 0.05) is 53.3 Å². The molecule has 12 heteroatoms. The molecule has 1 fully saturated rings. The zero-order valence-corrected chi connectivity index (χ0v) is 26.5. The molecule has 44 heavy (non-hydrogen) atoms. The van der Waals surface area contributed by atoms with Crippen molar-refractivity contribution in [2.75, 3.05) is 33.3 Å². The molecule has 0 bridgehead atoms. The van der Waals surface area contributed by atoms with E-state index in [4.69, 9.17) is 28.9 Å². The van der Waals surface area contributed by atoms with Crippen molar-refractivity contribution in [3.05, 3.63) is 69.9 Å². The normalized spacial score (nSPS) is 16.6. The lowest BCUT2D eigenvalue weighted by Gasteiger charge is -2.28. The second-order valence-corrected chi connectivity index (χ2v) is 12.2. The number of hydrogen-bond acceptors (Lipinski definition) is 11. The van der Waals surface area contributed by atoms with Crippen LogP contribution in [0.4, 0.5) is 5.82 Å². The molecule has 0 saturated heterocycles. The molecule has 6 rings (SSSR count). The molecule has 0 radical (unpaired) electrons. The molecule has 1 aliphatic carbocycles. The zero-order valence-electron chi connectivity index (χ0n) is 25.7. The predicted molar refractivity (Wildman–Crippen MR) is 169 cm³/mol. The van der Waals surface area contributed by atoms with Crippen molar-refractivity contribution in [3.63, 3.8) is 0 Å². The van der Waals surface area contributed by atoms with Crippen LogP contribution in [0.5, 0.6) is 23.0 Å². The first kappa shape index (κ1) is 29.6. The number of methoxy groups -OCH3 is 4. The number of fused-ring (bicyclic) bond motifs is 1. The topological polar surface area (TPSA) is 110 Å². The summed E-state index contributed by atoms with van der Waals surface area (Å²) in [4.78, 5) is 17.5. The highest BCUT2D eigenvalue weighted by Gasteiger charge is 2.30. The highest BCUT2D eigenvalue weighted by Crippen LogP contribution is 2.41. The van der Waals surface area contributed by atoms with Gasteiger partial charge in [0.2, 0.25) is 0 Å². The summed E-state index contributed by atoms with van der Waals surface area (Å²) in [6.45, 7) is 3.08. The lowest BCUT2D eigenvalue weighted by Crippen LogP contribution is -2.24. The first-order valence-electron chi connectivity index (χ1n) is 14.7. The quantitative estimate of drug-likeness (QED) is 0.172. The third-order valence-corrected chi connectivity index (χ3v) is 9.31. The van der Waals surface area contributed by atoms with Crippen LogP contribution in [0.25, 0.3) is 11.2 Å². The fourth-order valence-electron chi connectivity index (χ4n) is 5.98. The molecule has 230 valence electrons. The number of nitrogens with zero attached hydrogens (tertiary/aromatic N) is 7. The number of ether oxygens (including phenoxy) is 4. The van der Waals surface area contributed by atoms with Gasteiger partial charge in [-0.15, -0.1) is 16.4 Å². The van der Waals surface area contributed by atoms with Crippen LogP contribution in [-0.4, -0.2) is 58.4 Å².